The van der Waals surface area contributed by atoms with E-state index in [1.165, 1.54) is 5.56 Å². The van der Waals surface area contributed by atoms with Crippen molar-refractivity contribution in [3.05, 3.63) is 35.9 Å². The normalized spacial score (nSPS) is 16.8. The van der Waals surface area contributed by atoms with Crippen LogP contribution in [0.2, 0.25) is 0 Å². The van der Waals surface area contributed by atoms with E-state index in [4.69, 9.17) is 9.47 Å². The van der Waals surface area contributed by atoms with Crippen LogP contribution in [-0.4, -0.2) is 42.3 Å². The highest BCUT2D eigenvalue weighted by molar-refractivity contribution is 5.70. The monoisotopic (exact) mass is 361 g/mol. The molecular weight excluding hydrogens is 330 g/mol. The number of likely N-dealkylation sites (tertiary alicyclic amines) is 1. The number of nitrogens with zero attached hydrogens (tertiary/aromatic N) is 1. The van der Waals surface area contributed by atoms with Crippen LogP contribution in [0.15, 0.2) is 30.3 Å². The number of esters is 1. The fraction of sp³-hybridized carbons (Fsp3) is 0.619. The van der Waals surface area contributed by atoms with Crippen molar-refractivity contribution in [2.75, 3.05) is 19.7 Å². The van der Waals surface area contributed by atoms with Crippen LogP contribution in [0.5, 0.6) is 0 Å². The molecule has 0 aliphatic carbocycles. The molecule has 1 amide bonds. The van der Waals surface area contributed by atoms with Gasteiger partial charge in [-0.15, -0.1) is 0 Å². The molecule has 1 heterocycles. The van der Waals surface area contributed by atoms with Crippen LogP contribution in [0.4, 0.5) is 4.79 Å². The van der Waals surface area contributed by atoms with Gasteiger partial charge in [-0.3, -0.25) is 4.79 Å². The number of carbonyl (C=O) groups excluding carboxylic acids is 2. The molecule has 1 saturated heterocycles. The van der Waals surface area contributed by atoms with Crippen LogP contribution in [0.25, 0.3) is 0 Å². The number of carbonyl (C=O) groups is 2. The third kappa shape index (κ3) is 5.48. The highest BCUT2D eigenvalue weighted by atomic mass is 16.6. The molecule has 1 fully saturated rings. The minimum absolute atomic E-state index is 0.105. The first kappa shape index (κ1) is 20.3. The number of hydrogen-bond acceptors (Lipinski definition) is 4. The quantitative estimate of drug-likeness (QED) is 0.734. The van der Waals surface area contributed by atoms with Crippen molar-refractivity contribution in [1.29, 1.82) is 0 Å². The van der Waals surface area contributed by atoms with Gasteiger partial charge in [0.25, 0.3) is 0 Å². The van der Waals surface area contributed by atoms with Crippen molar-refractivity contribution in [1.82, 2.24) is 4.90 Å². The molecule has 0 spiro atoms. The first-order valence-electron chi connectivity index (χ1n) is 9.45. The summed E-state index contributed by atoms with van der Waals surface area (Å²) < 4.78 is 10.6. The van der Waals surface area contributed by atoms with E-state index in [1.807, 2.05) is 45.9 Å². The van der Waals surface area contributed by atoms with Crippen LogP contribution in [0.3, 0.4) is 0 Å². The van der Waals surface area contributed by atoms with E-state index in [2.05, 4.69) is 12.1 Å². The minimum atomic E-state index is -0.491. The predicted molar refractivity (Wildman–Crippen MR) is 101 cm³/mol. The van der Waals surface area contributed by atoms with E-state index >= 15 is 0 Å². The molecule has 1 aliphatic heterocycles. The first-order valence-corrected chi connectivity index (χ1v) is 9.45. The summed E-state index contributed by atoms with van der Waals surface area (Å²) in [5.74, 6) is -0.155. The second-order valence-corrected chi connectivity index (χ2v) is 7.92. The highest BCUT2D eigenvalue weighted by Gasteiger charge is 2.38. The Morgan fingerprint density at radius 2 is 1.73 bits per heavy atom. The van der Waals surface area contributed by atoms with Crippen LogP contribution < -0.4 is 0 Å². The molecule has 5 heteroatoms. The molecule has 0 aromatic heterocycles. The predicted octanol–water partition coefficient (Wildman–Crippen LogP) is 4.30. The maximum atomic E-state index is 12.3. The van der Waals surface area contributed by atoms with Gasteiger partial charge in [-0.05, 0) is 57.9 Å². The van der Waals surface area contributed by atoms with E-state index in [1.54, 1.807) is 4.90 Å². The summed E-state index contributed by atoms with van der Waals surface area (Å²) in [5, 5.41) is 0. The Morgan fingerprint density at radius 3 is 2.27 bits per heavy atom. The van der Waals surface area contributed by atoms with Crippen LogP contribution >= 0.6 is 0 Å². The van der Waals surface area contributed by atoms with Crippen LogP contribution in [-0.2, 0) is 19.7 Å². The smallest absolute Gasteiger partial charge is 0.410 e. The molecule has 0 saturated carbocycles. The summed E-state index contributed by atoms with van der Waals surface area (Å²) in [4.78, 5) is 26.0. The van der Waals surface area contributed by atoms with E-state index in [-0.39, 0.29) is 17.5 Å². The zero-order valence-electron chi connectivity index (χ0n) is 16.4. The molecule has 0 unspecified atom stereocenters. The number of hydrogen-bond donors (Lipinski definition) is 0. The average Bonchev–Trinajstić information content (AvgIpc) is 2.60. The first-order chi connectivity index (χ1) is 12.3. The van der Waals surface area contributed by atoms with Gasteiger partial charge in [0, 0.05) is 19.5 Å². The molecule has 0 bridgehead atoms. The molecule has 26 heavy (non-hydrogen) atoms. The zero-order valence-corrected chi connectivity index (χ0v) is 16.4. The topological polar surface area (TPSA) is 55.8 Å². The lowest BCUT2D eigenvalue weighted by Gasteiger charge is -2.42. The van der Waals surface area contributed by atoms with Gasteiger partial charge in [0.05, 0.1) is 6.61 Å². The molecule has 2 rings (SSSR count). The number of benzene rings is 1. The fourth-order valence-electron chi connectivity index (χ4n) is 3.49. The lowest BCUT2D eigenvalue weighted by atomic mass is 9.70. The van der Waals surface area contributed by atoms with Gasteiger partial charge < -0.3 is 14.4 Å². The van der Waals surface area contributed by atoms with Crippen LogP contribution in [0, 0.1) is 0 Å². The molecule has 0 radical (unpaired) electrons. The van der Waals surface area contributed by atoms with E-state index in [0.29, 0.717) is 26.1 Å². The van der Waals surface area contributed by atoms with Crippen LogP contribution in [0.1, 0.15) is 58.9 Å². The van der Waals surface area contributed by atoms with Gasteiger partial charge in [0.1, 0.15) is 5.60 Å². The fourth-order valence-corrected chi connectivity index (χ4v) is 3.49. The number of piperidine rings is 1. The van der Waals surface area contributed by atoms with Crippen molar-refractivity contribution in [3.63, 3.8) is 0 Å². The average molecular weight is 361 g/mol. The minimum Gasteiger partial charge on any atom is -0.466 e. The molecule has 0 N–H and O–H groups in total. The Labute approximate surface area is 156 Å². The Morgan fingerprint density at radius 1 is 1.12 bits per heavy atom. The second kappa shape index (κ2) is 8.56. The summed E-state index contributed by atoms with van der Waals surface area (Å²) in [6, 6.07) is 10.3. The van der Waals surface area contributed by atoms with Gasteiger partial charge in [-0.25, -0.2) is 4.79 Å². The molecule has 1 aromatic carbocycles. The Hall–Kier alpha value is -2.04. The Bertz CT molecular complexity index is 598. The summed E-state index contributed by atoms with van der Waals surface area (Å²) in [6.45, 7) is 9.13. The number of amides is 1. The maximum Gasteiger partial charge on any atom is 0.410 e. The summed E-state index contributed by atoms with van der Waals surface area (Å²) in [7, 11) is 0. The summed E-state index contributed by atoms with van der Waals surface area (Å²) in [6.07, 6.45) is 2.50. The zero-order chi connectivity index (χ0) is 19.2. The van der Waals surface area contributed by atoms with Crippen molar-refractivity contribution in [3.8, 4) is 0 Å². The van der Waals surface area contributed by atoms with Gasteiger partial charge in [0.15, 0.2) is 0 Å². The molecular formula is C21H31NO4. The summed E-state index contributed by atoms with van der Waals surface area (Å²) in [5.41, 5.74) is 0.634. The van der Waals surface area contributed by atoms with E-state index in [0.717, 1.165) is 19.3 Å². The lowest BCUT2D eigenvalue weighted by Crippen LogP contribution is -2.47. The van der Waals surface area contributed by atoms with Gasteiger partial charge in [-0.1, -0.05) is 30.3 Å². The second-order valence-electron chi connectivity index (χ2n) is 7.92. The third-order valence-electron chi connectivity index (χ3n) is 4.87. The van der Waals surface area contributed by atoms with Gasteiger partial charge >= 0.3 is 12.1 Å². The third-order valence-corrected chi connectivity index (χ3v) is 4.87. The van der Waals surface area contributed by atoms with Crippen molar-refractivity contribution >= 4 is 12.1 Å². The highest BCUT2D eigenvalue weighted by Crippen LogP contribution is 2.40. The molecule has 1 aliphatic rings. The van der Waals surface area contributed by atoms with E-state index in [9.17, 15) is 9.59 Å². The van der Waals surface area contributed by atoms with Crippen molar-refractivity contribution in [2.45, 2.75) is 64.4 Å². The Balaban J connectivity index is 2.08. The maximum absolute atomic E-state index is 12.3. The molecule has 5 nitrogen and oxygen atoms in total. The standard InChI is InChI=1S/C21H31NO4/c1-5-25-18(23)11-12-21(17-9-7-6-8-10-17)13-15-22(16-14-21)19(24)26-20(2,3)4/h6-10H,5,11-16H2,1-4H3. The van der Waals surface area contributed by atoms with Crippen molar-refractivity contribution in [2.24, 2.45) is 0 Å². The SMILES string of the molecule is CCOC(=O)CCC1(c2ccccc2)CCN(C(=O)OC(C)(C)C)CC1. The molecule has 0 atom stereocenters. The van der Waals surface area contributed by atoms with Crippen molar-refractivity contribution < 1.29 is 19.1 Å². The van der Waals surface area contributed by atoms with Gasteiger partial charge in [-0.2, -0.15) is 0 Å². The lowest BCUT2D eigenvalue weighted by molar-refractivity contribution is -0.143. The molecule has 1 aromatic rings. The number of ether oxygens (including phenoxy) is 2. The molecule has 144 valence electrons. The summed E-state index contributed by atoms with van der Waals surface area (Å²) >= 11 is 0. The largest absolute Gasteiger partial charge is 0.466 e. The Kier molecular flexibility index (Phi) is 6.68. The van der Waals surface area contributed by atoms with E-state index < -0.39 is 5.60 Å². The van der Waals surface area contributed by atoms with Gasteiger partial charge in [0.2, 0.25) is 0 Å². The number of rotatable bonds is 5.